The van der Waals surface area contributed by atoms with Crippen LogP contribution in [0.25, 0.3) is 0 Å². The highest BCUT2D eigenvalue weighted by atomic mass is 35.5. The van der Waals surface area contributed by atoms with E-state index in [1.165, 1.54) is 18.2 Å². The molecule has 0 bridgehead atoms. The zero-order chi connectivity index (χ0) is 15.2. The molecule has 2 rings (SSSR count). The molecule has 0 aromatic heterocycles. The molecule has 3 nitrogen and oxygen atoms in total. The van der Waals surface area contributed by atoms with Gasteiger partial charge in [0.1, 0.15) is 12.4 Å². The molecule has 0 saturated heterocycles. The molecule has 2 aromatic rings. The first kappa shape index (κ1) is 15.5. The number of ether oxygens (including phenoxy) is 2. The molecule has 0 aliphatic heterocycles. The van der Waals surface area contributed by atoms with E-state index in [0.29, 0.717) is 19.0 Å². The van der Waals surface area contributed by atoms with Crippen molar-refractivity contribution in [2.45, 2.75) is 0 Å². The molecule has 0 amide bonds. The van der Waals surface area contributed by atoms with Gasteiger partial charge in [0.2, 0.25) is 0 Å². The van der Waals surface area contributed by atoms with Crippen LogP contribution >= 0.6 is 11.6 Å². The Morgan fingerprint density at radius 2 is 1.81 bits per heavy atom. The Morgan fingerprint density at radius 1 is 1.10 bits per heavy atom. The maximum absolute atomic E-state index is 14.0. The average Bonchev–Trinajstić information content (AvgIpc) is 2.50. The van der Waals surface area contributed by atoms with Gasteiger partial charge in [-0.1, -0.05) is 29.8 Å². The van der Waals surface area contributed by atoms with Gasteiger partial charge in [-0.2, -0.15) is 0 Å². The molecule has 0 radical (unpaired) electrons. The number of para-hydroxylation sites is 1. The molecule has 0 unspecified atom stereocenters. The van der Waals surface area contributed by atoms with Gasteiger partial charge in [0.25, 0.3) is 0 Å². The highest BCUT2D eigenvalue weighted by Crippen LogP contribution is 2.25. The number of hydrogen-bond acceptors (Lipinski definition) is 3. The Kier molecular flexibility index (Phi) is 5.31. The summed E-state index contributed by atoms with van der Waals surface area (Å²) >= 11 is 5.71. The van der Waals surface area contributed by atoms with Crippen LogP contribution in [-0.2, 0) is 4.74 Å². The highest BCUT2D eigenvalue weighted by molar-refractivity contribution is 6.31. The molecular weight excluding hydrogens is 295 g/mol. The van der Waals surface area contributed by atoms with Crippen LogP contribution in [0.2, 0.25) is 5.02 Å². The summed E-state index contributed by atoms with van der Waals surface area (Å²) in [5.41, 5.74) is 0.208. The van der Waals surface area contributed by atoms with Gasteiger partial charge in [-0.15, -0.1) is 0 Å². The van der Waals surface area contributed by atoms with Crippen LogP contribution in [0.4, 0.5) is 4.39 Å². The first-order valence-corrected chi connectivity index (χ1v) is 6.72. The summed E-state index contributed by atoms with van der Waals surface area (Å²) in [5, 5.41) is -0.0846. The van der Waals surface area contributed by atoms with Crippen molar-refractivity contribution in [1.29, 1.82) is 0 Å². The number of ketones is 1. The van der Waals surface area contributed by atoms with Gasteiger partial charge in [0.05, 0.1) is 22.8 Å². The molecule has 110 valence electrons. The minimum atomic E-state index is -0.726. The van der Waals surface area contributed by atoms with Crippen LogP contribution in [-0.4, -0.2) is 26.1 Å². The van der Waals surface area contributed by atoms with Gasteiger partial charge < -0.3 is 9.47 Å². The van der Waals surface area contributed by atoms with Crippen LogP contribution in [0.5, 0.6) is 5.75 Å². The molecule has 0 N–H and O–H groups in total. The molecule has 0 saturated carbocycles. The molecule has 0 aliphatic carbocycles. The average molecular weight is 309 g/mol. The summed E-state index contributed by atoms with van der Waals surface area (Å²) in [5.74, 6) is -0.808. The number of methoxy groups -OCH3 is 1. The lowest BCUT2D eigenvalue weighted by Gasteiger charge is -2.11. The van der Waals surface area contributed by atoms with Gasteiger partial charge in [0, 0.05) is 7.11 Å². The number of carbonyl (C=O) groups is 1. The zero-order valence-corrected chi connectivity index (χ0v) is 12.2. The first-order chi connectivity index (χ1) is 10.1. The number of benzene rings is 2. The molecule has 0 spiro atoms. The van der Waals surface area contributed by atoms with Gasteiger partial charge >= 0.3 is 0 Å². The first-order valence-electron chi connectivity index (χ1n) is 6.34. The van der Waals surface area contributed by atoms with E-state index in [4.69, 9.17) is 21.1 Å². The molecular formula is C16H14ClFO3. The third-order valence-electron chi connectivity index (χ3n) is 2.87. The fourth-order valence-corrected chi connectivity index (χ4v) is 2.01. The second-order valence-corrected chi connectivity index (χ2v) is 4.68. The van der Waals surface area contributed by atoms with Crippen LogP contribution in [0.15, 0.2) is 42.5 Å². The quantitative estimate of drug-likeness (QED) is 0.602. The minimum absolute atomic E-state index is 0.0784. The number of carbonyl (C=O) groups excluding carboxylic acids is 1. The van der Waals surface area contributed by atoms with Crippen LogP contribution < -0.4 is 4.74 Å². The Hall–Kier alpha value is -1.91. The molecule has 0 aliphatic rings. The van der Waals surface area contributed by atoms with E-state index in [1.807, 2.05) is 0 Å². The molecule has 0 heterocycles. The highest BCUT2D eigenvalue weighted by Gasteiger charge is 2.19. The number of hydrogen-bond donors (Lipinski definition) is 0. The summed E-state index contributed by atoms with van der Waals surface area (Å²) in [6, 6.07) is 11.0. The van der Waals surface area contributed by atoms with E-state index in [0.717, 1.165) is 0 Å². The number of rotatable bonds is 6. The normalized spacial score (nSPS) is 10.4. The fraction of sp³-hybridized carbons (Fsp3) is 0.188. The second kappa shape index (κ2) is 7.20. The van der Waals surface area contributed by atoms with Crippen LogP contribution in [0.3, 0.4) is 0 Å². The van der Waals surface area contributed by atoms with E-state index in [2.05, 4.69) is 0 Å². The third-order valence-corrected chi connectivity index (χ3v) is 3.16. The Morgan fingerprint density at radius 3 is 2.57 bits per heavy atom. The Bertz CT molecular complexity index is 643. The van der Waals surface area contributed by atoms with E-state index >= 15 is 0 Å². The van der Waals surface area contributed by atoms with Gasteiger partial charge in [-0.05, 0) is 24.3 Å². The van der Waals surface area contributed by atoms with E-state index in [9.17, 15) is 9.18 Å². The smallest absolute Gasteiger partial charge is 0.199 e. The van der Waals surface area contributed by atoms with Gasteiger partial charge in [-0.25, -0.2) is 4.39 Å². The molecule has 0 atom stereocenters. The lowest BCUT2D eigenvalue weighted by molar-refractivity contribution is 0.102. The van der Waals surface area contributed by atoms with Crippen molar-refractivity contribution in [3.8, 4) is 5.75 Å². The van der Waals surface area contributed by atoms with Gasteiger partial charge in [0.15, 0.2) is 11.6 Å². The summed E-state index contributed by atoms with van der Waals surface area (Å²) in [7, 11) is 1.56. The topological polar surface area (TPSA) is 35.5 Å². The summed E-state index contributed by atoms with van der Waals surface area (Å²) in [6.45, 7) is 0.701. The van der Waals surface area contributed by atoms with Crippen molar-refractivity contribution in [2.75, 3.05) is 20.3 Å². The van der Waals surface area contributed by atoms with Crippen molar-refractivity contribution in [3.63, 3.8) is 0 Å². The fourth-order valence-electron chi connectivity index (χ4n) is 1.84. The minimum Gasteiger partial charge on any atom is -0.490 e. The molecule has 5 heteroatoms. The van der Waals surface area contributed by atoms with Gasteiger partial charge in [-0.3, -0.25) is 4.79 Å². The molecule has 0 fully saturated rings. The second-order valence-electron chi connectivity index (χ2n) is 4.27. The largest absolute Gasteiger partial charge is 0.490 e. The van der Waals surface area contributed by atoms with E-state index in [-0.39, 0.29) is 16.1 Å². The lowest BCUT2D eigenvalue weighted by atomic mass is 10.0. The zero-order valence-electron chi connectivity index (χ0n) is 11.4. The summed E-state index contributed by atoms with van der Waals surface area (Å²) < 4.78 is 24.3. The predicted molar refractivity (Wildman–Crippen MR) is 78.7 cm³/mol. The maximum Gasteiger partial charge on any atom is 0.199 e. The van der Waals surface area contributed by atoms with Crippen molar-refractivity contribution in [2.24, 2.45) is 0 Å². The summed E-state index contributed by atoms with van der Waals surface area (Å²) in [6.07, 6.45) is 0. The predicted octanol–water partition coefficient (Wildman–Crippen LogP) is 3.74. The molecule has 21 heavy (non-hydrogen) atoms. The lowest BCUT2D eigenvalue weighted by Crippen LogP contribution is -2.10. The van der Waals surface area contributed by atoms with Crippen molar-refractivity contribution < 1.29 is 18.7 Å². The summed E-state index contributed by atoms with van der Waals surface area (Å²) in [4.78, 5) is 12.5. The van der Waals surface area contributed by atoms with Crippen LogP contribution in [0.1, 0.15) is 15.9 Å². The Balaban J connectivity index is 2.33. The third kappa shape index (κ3) is 3.60. The molecule has 2 aromatic carbocycles. The van der Waals surface area contributed by atoms with Crippen molar-refractivity contribution in [1.82, 2.24) is 0 Å². The Labute approximate surface area is 127 Å². The van der Waals surface area contributed by atoms with Crippen molar-refractivity contribution >= 4 is 17.4 Å². The SMILES string of the molecule is COCCOc1ccccc1C(=O)c1cccc(Cl)c1F. The standard InChI is InChI=1S/C16H14ClFO3/c1-20-9-10-21-14-8-3-2-5-11(14)16(19)12-6-4-7-13(17)15(12)18/h2-8H,9-10H2,1H3. The monoisotopic (exact) mass is 308 g/mol. The van der Waals surface area contributed by atoms with E-state index in [1.54, 1.807) is 31.4 Å². The maximum atomic E-state index is 14.0. The number of halogens is 2. The van der Waals surface area contributed by atoms with Crippen LogP contribution in [0, 0.1) is 5.82 Å². The van der Waals surface area contributed by atoms with E-state index < -0.39 is 11.6 Å². The van der Waals surface area contributed by atoms with Crippen molar-refractivity contribution in [3.05, 3.63) is 64.4 Å².